The Morgan fingerprint density at radius 2 is 1.27 bits per heavy atom. The Labute approximate surface area is 138 Å². The summed E-state index contributed by atoms with van der Waals surface area (Å²) in [7, 11) is 0. The normalized spacial score (nSPS) is 10.4. The lowest BCUT2D eigenvalue weighted by atomic mass is 10.2. The summed E-state index contributed by atoms with van der Waals surface area (Å²) in [6.45, 7) is 1.50. The fraction of sp³-hybridized carbons (Fsp3) is 0.111. The van der Waals surface area contributed by atoms with Crippen LogP contribution in [0.4, 0.5) is 5.69 Å². The minimum absolute atomic E-state index is 0.749. The van der Waals surface area contributed by atoms with Gasteiger partial charge in [0.2, 0.25) is 0 Å². The quantitative estimate of drug-likeness (QED) is 0.678. The van der Waals surface area contributed by atoms with Gasteiger partial charge in [0.05, 0.1) is 24.5 Å². The molecule has 3 rings (SSSR count). The molecule has 0 atom stereocenters. The lowest BCUT2D eigenvalue weighted by molar-refractivity contribution is 0.765. The molecule has 0 saturated carbocycles. The smallest absolute Gasteiger partial charge is 0.0606 e. The van der Waals surface area contributed by atoms with E-state index < -0.39 is 0 Å². The Morgan fingerprint density at radius 3 is 1.73 bits per heavy atom. The molecule has 0 spiro atoms. The van der Waals surface area contributed by atoms with E-state index in [0.717, 1.165) is 34.6 Å². The highest BCUT2D eigenvalue weighted by atomic mass is 79.9. The number of hydrogen-bond donors (Lipinski definition) is 0. The van der Waals surface area contributed by atoms with Crippen molar-refractivity contribution in [2.24, 2.45) is 0 Å². The maximum atomic E-state index is 4.43. The van der Waals surface area contributed by atoms with Crippen LogP contribution in [-0.4, -0.2) is 9.97 Å². The SMILES string of the molecule is Brc1ccc(N(Cc2ccccn2)Cc2ccccn2)cc1. The van der Waals surface area contributed by atoms with Crippen LogP contribution < -0.4 is 4.90 Å². The third kappa shape index (κ3) is 3.92. The summed E-state index contributed by atoms with van der Waals surface area (Å²) in [6.07, 6.45) is 3.66. The van der Waals surface area contributed by atoms with E-state index in [1.54, 1.807) is 0 Å². The van der Waals surface area contributed by atoms with E-state index in [0.29, 0.717) is 0 Å². The maximum absolute atomic E-state index is 4.43. The molecular formula is C18H16BrN3. The Kier molecular flexibility index (Phi) is 4.81. The molecule has 0 N–H and O–H groups in total. The van der Waals surface area contributed by atoms with Gasteiger partial charge in [0.25, 0.3) is 0 Å². The van der Waals surface area contributed by atoms with Crippen LogP contribution in [0.2, 0.25) is 0 Å². The number of halogens is 1. The highest BCUT2D eigenvalue weighted by Crippen LogP contribution is 2.21. The van der Waals surface area contributed by atoms with Gasteiger partial charge in [-0.25, -0.2) is 0 Å². The molecule has 1 aromatic carbocycles. The molecule has 0 aliphatic heterocycles. The first kappa shape index (κ1) is 14.7. The molecule has 0 saturated heterocycles. The standard InChI is InChI=1S/C18H16BrN3/c19-15-7-9-18(10-8-15)22(13-16-5-1-3-11-20-16)14-17-6-2-4-12-21-17/h1-12H,13-14H2. The average Bonchev–Trinajstić information content (AvgIpc) is 2.57. The summed E-state index contributed by atoms with van der Waals surface area (Å²) in [5, 5.41) is 0. The third-order valence-corrected chi connectivity index (χ3v) is 3.88. The van der Waals surface area contributed by atoms with Gasteiger partial charge in [-0.05, 0) is 48.5 Å². The Bertz CT molecular complexity index is 658. The molecular weight excluding hydrogens is 338 g/mol. The van der Waals surface area contributed by atoms with Gasteiger partial charge in [-0.15, -0.1) is 0 Å². The van der Waals surface area contributed by atoms with Gasteiger partial charge < -0.3 is 4.90 Å². The summed E-state index contributed by atoms with van der Waals surface area (Å²) in [6, 6.07) is 20.3. The summed E-state index contributed by atoms with van der Waals surface area (Å²) in [4.78, 5) is 11.1. The highest BCUT2D eigenvalue weighted by molar-refractivity contribution is 9.10. The summed E-state index contributed by atoms with van der Waals surface area (Å²) in [5.41, 5.74) is 3.24. The van der Waals surface area contributed by atoms with E-state index in [1.807, 2.05) is 48.8 Å². The lowest BCUT2D eigenvalue weighted by Crippen LogP contribution is -2.23. The third-order valence-electron chi connectivity index (χ3n) is 3.35. The first-order chi connectivity index (χ1) is 10.8. The number of hydrogen-bond acceptors (Lipinski definition) is 3. The van der Waals surface area contributed by atoms with Crippen molar-refractivity contribution in [1.29, 1.82) is 0 Å². The molecule has 4 heteroatoms. The minimum Gasteiger partial charge on any atom is -0.360 e. The molecule has 3 aromatic rings. The van der Waals surface area contributed by atoms with Crippen LogP contribution in [0.15, 0.2) is 77.5 Å². The van der Waals surface area contributed by atoms with Crippen molar-refractivity contribution in [1.82, 2.24) is 9.97 Å². The molecule has 110 valence electrons. The summed E-state index contributed by atoms with van der Waals surface area (Å²) in [5.74, 6) is 0. The molecule has 2 heterocycles. The molecule has 22 heavy (non-hydrogen) atoms. The van der Waals surface area contributed by atoms with E-state index in [-0.39, 0.29) is 0 Å². The molecule has 2 aromatic heterocycles. The Morgan fingerprint density at radius 1 is 0.727 bits per heavy atom. The van der Waals surface area contributed by atoms with E-state index in [4.69, 9.17) is 0 Å². The van der Waals surface area contributed by atoms with Crippen molar-refractivity contribution in [3.8, 4) is 0 Å². The van der Waals surface area contributed by atoms with Crippen LogP contribution >= 0.6 is 15.9 Å². The fourth-order valence-electron chi connectivity index (χ4n) is 2.26. The molecule has 0 aliphatic rings. The Hall–Kier alpha value is -2.20. The number of pyridine rings is 2. The van der Waals surface area contributed by atoms with E-state index >= 15 is 0 Å². The molecule has 0 unspecified atom stereocenters. The lowest BCUT2D eigenvalue weighted by Gasteiger charge is -2.24. The van der Waals surface area contributed by atoms with Crippen molar-refractivity contribution >= 4 is 21.6 Å². The zero-order valence-electron chi connectivity index (χ0n) is 12.1. The van der Waals surface area contributed by atoms with E-state index in [9.17, 15) is 0 Å². The van der Waals surface area contributed by atoms with Gasteiger partial charge in [0, 0.05) is 22.6 Å². The fourth-order valence-corrected chi connectivity index (χ4v) is 2.53. The average molecular weight is 354 g/mol. The zero-order chi connectivity index (χ0) is 15.2. The van der Waals surface area contributed by atoms with Crippen LogP contribution in [0.5, 0.6) is 0 Å². The van der Waals surface area contributed by atoms with Crippen LogP contribution in [0, 0.1) is 0 Å². The number of aromatic nitrogens is 2. The molecule has 0 radical (unpaired) electrons. The van der Waals surface area contributed by atoms with Crippen LogP contribution in [0.3, 0.4) is 0 Å². The first-order valence-electron chi connectivity index (χ1n) is 7.11. The molecule has 0 bridgehead atoms. The highest BCUT2D eigenvalue weighted by Gasteiger charge is 2.09. The van der Waals surface area contributed by atoms with Gasteiger partial charge in [0.15, 0.2) is 0 Å². The number of rotatable bonds is 5. The van der Waals surface area contributed by atoms with E-state index in [2.05, 4.69) is 55.1 Å². The topological polar surface area (TPSA) is 29.0 Å². The summed E-state index contributed by atoms with van der Waals surface area (Å²) >= 11 is 3.49. The monoisotopic (exact) mass is 353 g/mol. The van der Waals surface area contributed by atoms with Crippen molar-refractivity contribution < 1.29 is 0 Å². The number of anilines is 1. The minimum atomic E-state index is 0.749. The predicted octanol–water partition coefficient (Wildman–Crippen LogP) is 4.45. The van der Waals surface area contributed by atoms with Crippen molar-refractivity contribution in [3.63, 3.8) is 0 Å². The van der Waals surface area contributed by atoms with Gasteiger partial charge in [-0.2, -0.15) is 0 Å². The van der Waals surface area contributed by atoms with Crippen LogP contribution in [0.25, 0.3) is 0 Å². The van der Waals surface area contributed by atoms with Gasteiger partial charge in [-0.1, -0.05) is 28.1 Å². The van der Waals surface area contributed by atoms with Gasteiger partial charge in [0.1, 0.15) is 0 Å². The molecule has 0 fully saturated rings. The van der Waals surface area contributed by atoms with E-state index in [1.165, 1.54) is 0 Å². The van der Waals surface area contributed by atoms with Crippen LogP contribution in [-0.2, 0) is 13.1 Å². The van der Waals surface area contributed by atoms with Gasteiger partial charge in [-0.3, -0.25) is 9.97 Å². The van der Waals surface area contributed by atoms with Crippen molar-refractivity contribution in [3.05, 3.63) is 88.9 Å². The van der Waals surface area contributed by atoms with Gasteiger partial charge >= 0.3 is 0 Å². The van der Waals surface area contributed by atoms with Crippen molar-refractivity contribution in [2.75, 3.05) is 4.90 Å². The van der Waals surface area contributed by atoms with Crippen molar-refractivity contribution in [2.45, 2.75) is 13.1 Å². The van der Waals surface area contributed by atoms with Crippen LogP contribution in [0.1, 0.15) is 11.4 Å². The zero-order valence-corrected chi connectivity index (χ0v) is 13.6. The molecule has 0 aliphatic carbocycles. The maximum Gasteiger partial charge on any atom is 0.0606 e. The largest absolute Gasteiger partial charge is 0.360 e. The Balaban J connectivity index is 1.86. The first-order valence-corrected chi connectivity index (χ1v) is 7.91. The molecule has 0 amide bonds. The second kappa shape index (κ2) is 7.18. The second-order valence-electron chi connectivity index (χ2n) is 4.97. The predicted molar refractivity (Wildman–Crippen MR) is 92.5 cm³/mol. The molecule has 3 nitrogen and oxygen atoms in total. The summed E-state index contributed by atoms with van der Waals surface area (Å²) < 4.78 is 1.08. The second-order valence-corrected chi connectivity index (χ2v) is 5.89. The number of nitrogens with zero attached hydrogens (tertiary/aromatic N) is 3. The number of benzene rings is 1.